The first-order valence-corrected chi connectivity index (χ1v) is 7.25. The molecule has 0 fully saturated rings. The minimum absolute atomic E-state index is 0.0698. The Hall–Kier alpha value is -1.91. The Balaban J connectivity index is 1.99. The van der Waals surface area contributed by atoms with Crippen molar-refractivity contribution < 1.29 is 4.74 Å². The largest absolute Gasteiger partial charge is 0.494 e. The van der Waals surface area contributed by atoms with Gasteiger partial charge < -0.3 is 15.4 Å². The highest BCUT2D eigenvalue weighted by atomic mass is 16.5. The van der Waals surface area contributed by atoms with Crippen LogP contribution in [0.25, 0.3) is 0 Å². The third-order valence-electron chi connectivity index (χ3n) is 3.33. The van der Waals surface area contributed by atoms with Crippen LogP contribution in [-0.4, -0.2) is 30.1 Å². The van der Waals surface area contributed by atoms with Gasteiger partial charge in [-0.3, -0.25) is 4.98 Å². The number of para-hydroxylation sites is 1. The predicted molar refractivity (Wildman–Crippen MR) is 85.1 cm³/mol. The van der Waals surface area contributed by atoms with Gasteiger partial charge in [0.1, 0.15) is 5.75 Å². The Morgan fingerprint density at radius 2 is 1.90 bits per heavy atom. The number of aromatic nitrogens is 1. The predicted octanol–water partition coefficient (Wildman–Crippen LogP) is 2.61. The summed E-state index contributed by atoms with van der Waals surface area (Å²) in [5, 5.41) is 0. The summed E-state index contributed by atoms with van der Waals surface area (Å²) < 4.78 is 5.65. The Labute approximate surface area is 126 Å². The van der Waals surface area contributed by atoms with Crippen LogP contribution in [0.1, 0.15) is 24.1 Å². The van der Waals surface area contributed by atoms with E-state index in [9.17, 15) is 0 Å². The average molecular weight is 285 g/mol. The first-order valence-electron chi connectivity index (χ1n) is 7.25. The molecule has 0 spiro atoms. The molecule has 1 unspecified atom stereocenters. The van der Waals surface area contributed by atoms with Crippen molar-refractivity contribution in [3.05, 3.63) is 59.9 Å². The number of rotatable bonds is 7. The maximum Gasteiger partial charge on any atom is 0.124 e. The van der Waals surface area contributed by atoms with E-state index in [1.54, 1.807) is 0 Å². The number of pyridine rings is 1. The average Bonchev–Trinajstić information content (AvgIpc) is 2.49. The number of nitrogens with two attached hydrogens (primary N) is 1. The first kappa shape index (κ1) is 15.5. The van der Waals surface area contributed by atoms with Crippen molar-refractivity contribution >= 4 is 0 Å². The van der Waals surface area contributed by atoms with Gasteiger partial charge >= 0.3 is 0 Å². The lowest BCUT2D eigenvalue weighted by molar-refractivity contribution is 0.295. The van der Waals surface area contributed by atoms with Crippen LogP contribution >= 0.6 is 0 Å². The number of likely N-dealkylation sites (N-methyl/N-ethyl adjacent to an activating group) is 1. The fourth-order valence-corrected chi connectivity index (χ4v) is 2.37. The SMILES string of the molecule is CCOc1ccccc1C(N)CN(C)Cc1ccncc1. The lowest BCUT2D eigenvalue weighted by atomic mass is 10.1. The topological polar surface area (TPSA) is 51.4 Å². The highest BCUT2D eigenvalue weighted by molar-refractivity contribution is 5.36. The monoisotopic (exact) mass is 285 g/mol. The molecule has 2 aromatic rings. The van der Waals surface area contributed by atoms with Gasteiger partial charge in [-0.2, -0.15) is 0 Å². The minimum Gasteiger partial charge on any atom is -0.494 e. The van der Waals surface area contributed by atoms with Crippen molar-refractivity contribution in [2.24, 2.45) is 5.73 Å². The molecule has 4 nitrogen and oxygen atoms in total. The maximum absolute atomic E-state index is 6.35. The highest BCUT2D eigenvalue weighted by Gasteiger charge is 2.14. The summed E-state index contributed by atoms with van der Waals surface area (Å²) in [5.74, 6) is 0.879. The van der Waals surface area contributed by atoms with E-state index in [4.69, 9.17) is 10.5 Å². The second-order valence-corrected chi connectivity index (χ2v) is 5.13. The van der Waals surface area contributed by atoms with E-state index in [1.807, 2.05) is 55.7 Å². The molecule has 2 N–H and O–H groups in total. The second-order valence-electron chi connectivity index (χ2n) is 5.13. The number of hydrogen-bond donors (Lipinski definition) is 1. The Kier molecular flexibility index (Phi) is 5.72. The van der Waals surface area contributed by atoms with Gasteiger partial charge in [-0.1, -0.05) is 18.2 Å². The maximum atomic E-state index is 6.35. The van der Waals surface area contributed by atoms with Crippen molar-refractivity contribution in [1.29, 1.82) is 0 Å². The summed E-state index contributed by atoms with van der Waals surface area (Å²) in [7, 11) is 2.07. The Morgan fingerprint density at radius 1 is 1.19 bits per heavy atom. The zero-order chi connectivity index (χ0) is 15.1. The van der Waals surface area contributed by atoms with Crippen LogP contribution in [0, 0.1) is 0 Å². The van der Waals surface area contributed by atoms with E-state index in [2.05, 4.69) is 16.9 Å². The molecule has 0 radical (unpaired) electrons. The van der Waals surface area contributed by atoms with Crippen LogP contribution in [0.15, 0.2) is 48.8 Å². The molecular formula is C17H23N3O. The van der Waals surface area contributed by atoms with Crippen molar-refractivity contribution in [3.63, 3.8) is 0 Å². The number of benzene rings is 1. The summed E-state index contributed by atoms with van der Waals surface area (Å²) in [6.07, 6.45) is 3.63. The van der Waals surface area contributed by atoms with Gasteiger partial charge in [-0.25, -0.2) is 0 Å². The number of nitrogens with zero attached hydrogens (tertiary/aromatic N) is 2. The summed E-state index contributed by atoms with van der Waals surface area (Å²) >= 11 is 0. The molecule has 2 rings (SSSR count). The number of ether oxygens (including phenoxy) is 1. The Morgan fingerprint density at radius 3 is 2.62 bits per heavy atom. The Bertz CT molecular complexity index is 545. The molecular weight excluding hydrogens is 262 g/mol. The van der Waals surface area contributed by atoms with Crippen LogP contribution in [0.5, 0.6) is 5.75 Å². The molecule has 1 aromatic heterocycles. The van der Waals surface area contributed by atoms with Crippen LogP contribution < -0.4 is 10.5 Å². The van der Waals surface area contributed by atoms with E-state index >= 15 is 0 Å². The molecule has 1 heterocycles. The zero-order valence-electron chi connectivity index (χ0n) is 12.7. The van der Waals surface area contributed by atoms with E-state index in [0.717, 1.165) is 24.4 Å². The van der Waals surface area contributed by atoms with Crippen molar-refractivity contribution in [3.8, 4) is 5.75 Å². The lowest BCUT2D eigenvalue weighted by Crippen LogP contribution is -2.29. The molecule has 1 aromatic carbocycles. The van der Waals surface area contributed by atoms with Crippen molar-refractivity contribution in [1.82, 2.24) is 9.88 Å². The van der Waals surface area contributed by atoms with Crippen LogP contribution in [0.2, 0.25) is 0 Å². The molecule has 0 aliphatic rings. The summed E-state index contributed by atoms with van der Waals surface area (Å²) in [6, 6.07) is 12.0. The van der Waals surface area contributed by atoms with Gasteiger partial charge in [-0.15, -0.1) is 0 Å². The van der Waals surface area contributed by atoms with Gasteiger partial charge in [0.2, 0.25) is 0 Å². The third kappa shape index (κ3) is 4.55. The van der Waals surface area contributed by atoms with Crippen molar-refractivity contribution in [2.75, 3.05) is 20.2 Å². The molecule has 0 bridgehead atoms. The van der Waals surface area contributed by atoms with Gasteiger partial charge in [-0.05, 0) is 37.7 Å². The minimum atomic E-state index is -0.0698. The van der Waals surface area contributed by atoms with Crippen molar-refractivity contribution in [2.45, 2.75) is 19.5 Å². The fourth-order valence-electron chi connectivity index (χ4n) is 2.37. The fraction of sp³-hybridized carbons (Fsp3) is 0.353. The summed E-state index contributed by atoms with van der Waals surface area (Å²) in [6.45, 7) is 4.26. The smallest absolute Gasteiger partial charge is 0.124 e. The molecule has 1 atom stereocenters. The number of hydrogen-bond acceptors (Lipinski definition) is 4. The van der Waals surface area contributed by atoms with Gasteiger partial charge in [0, 0.05) is 37.1 Å². The molecule has 0 amide bonds. The van der Waals surface area contributed by atoms with Gasteiger partial charge in [0.05, 0.1) is 6.61 Å². The van der Waals surface area contributed by atoms with E-state index in [-0.39, 0.29) is 6.04 Å². The molecule has 21 heavy (non-hydrogen) atoms. The molecule has 0 aliphatic carbocycles. The molecule has 0 aliphatic heterocycles. The standard InChI is InChI=1S/C17H23N3O/c1-3-21-17-7-5-4-6-15(17)16(18)13-20(2)12-14-8-10-19-11-9-14/h4-11,16H,3,12-13,18H2,1-2H3. The molecule has 4 heteroatoms. The van der Waals surface area contributed by atoms with Crippen LogP contribution in [0.4, 0.5) is 0 Å². The van der Waals surface area contributed by atoms with Crippen LogP contribution in [-0.2, 0) is 6.54 Å². The second kappa shape index (κ2) is 7.76. The van der Waals surface area contributed by atoms with Gasteiger partial charge in [0.15, 0.2) is 0 Å². The summed E-state index contributed by atoms with van der Waals surface area (Å²) in [4.78, 5) is 6.24. The zero-order valence-corrected chi connectivity index (χ0v) is 12.7. The summed E-state index contributed by atoms with van der Waals surface area (Å²) in [5.41, 5.74) is 8.64. The van der Waals surface area contributed by atoms with E-state index in [1.165, 1.54) is 5.56 Å². The quantitative estimate of drug-likeness (QED) is 0.849. The van der Waals surface area contributed by atoms with Gasteiger partial charge in [0.25, 0.3) is 0 Å². The third-order valence-corrected chi connectivity index (χ3v) is 3.33. The molecule has 0 saturated carbocycles. The van der Waals surface area contributed by atoms with E-state index in [0.29, 0.717) is 6.61 Å². The molecule has 112 valence electrons. The van der Waals surface area contributed by atoms with E-state index < -0.39 is 0 Å². The first-order chi connectivity index (χ1) is 10.2. The highest BCUT2D eigenvalue weighted by Crippen LogP contribution is 2.24. The lowest BCUT2D eigenvalue weighted by Gasteiger charge is -2.23. The van der Waals surface area contributed by atoms with Crippen LogP contribution in [0.3, 0.4) is 0 Å². The normalized spacial score (nSPS) is 12.4. The molecule has 0 saturated heterocycles.